The highest BCUT2D eigenvalue weighted by Crippen LogP contribution is 2.25. The van der Waals surface area contributed by atoms with Gasteiger partial charge in [-0.1, -0.05) is 30.0 Å². The Hall–Kier alpha value is -1.79. The summed E-state index contributed by atoms with van der Waals surface area (Å²) in [6, 6.07) is 11.2. The maximum absolute atomic E-state index is 11.8. The molecule has 0 bridgehead atoms. The molecule has 114 valence electrons. The lowest BCUT2D eigenvalue weighted by Crippen LogP contribution is -2.05. The van der Waals surface area contributed by atoms with Gasteiger partial charge in [-0.2, -0.15) is 0 Å². The summed E-state index contributed by atoms with van der Waals surface area (Å²) in [6.45, 7) is 0. The number of methoxy groups -OCH3 is 1. The van der Waals surface area contributed by atoms with Crippen molar-refractivity contribution in [3.8, 4) is 0 Å². The lowest BCUT2D eigenvalue weighted by Gasteiger charge is -2.08. The van der Waals surface area contributed by atoms with Crippen molar-refractivity contribution in [3.05, 3.63) is 59.9 Å². The van der Waals surface area contributed by atoms with E-state index in [1.165, 1.54) is 7.11 Å². The number of nitrogens with zero attached hydrogens (tertiary/aromatic N) is 2. The second-order valence-electron chi connectivity index (χ2n) is 4.23. The number of aromatic nitrogens is 1. The molecule has 0 amide bonds. The van der Waals surface area contributed by atoms with Crippen molar-refractivity contribution in [2.75, 3.05) is 13.4 Å². The molecule has 6 heteroatoms. The molecule has 2 rings (SSSR count). The smallest absolute Gasteiger partial charge is 0.338 e. The number of ether oxygens (including phenoxy) is 1. The normalized spacial score (nSPS) is 11.3. The summed E-state index contributed by atoms with van der Waals surface area (Å²) in [5.41, 5.74) is 2.35. The molecule has 0 spiro atoms. The minimum Gasteiger partial charge on any atom is -0.465 e. The molecule has 0 saturated carbocycles. The van der Waals surface area contributed by atoms with E-state index in [0.29, 0.717) is 11.3 Å². The monoisotopic (exact) mass is 332 g/mol. The number of carbonyl (C=O) groups excluding carboxylic acids is 1. The van der Waals surface area contributed by atoms with Crippen LogP contribution in [-0.2, 0) is 10.5 Å². The highest BCUT2D eigenvalue weighted by atomic mass is 32.2. The molecule has 1 heterocycles. The van der Waals surface area contributed by atoms with Crippen molar-refractivity contribution in [3.63, 3.8) is 0 Å². The van der Waals surface area contributed by atoms with Crippen LogP contribution in [0.3, 0.4) is 0 Å². The molecule has 0 atom stereocenters. The minimum absolute atomic E-state index is 0.314. The average molecular weight is 332 g/mol. The zero-order valence-electron chi connectivity index (χ0n) is 12.4. The van der Waals surface area contributed by atoms with E-state index >= 15 is 0 Å². The first-order valence-electron chi connectivity index (χ1n) is 6.56. The molecule has 0 N–H and O–H groups in total. The van der Waals surface area contributed by atoms with Crippen LogP contribution >= 0.6 is 23.5 Å². The fourth-order valence-electron chi connectivity index (χ4n) is 1.76. The van der Waals surface area contributed by atoms with Gasteiger partial charge < -0.3 is 4.74 Å². The van der Waals surface area contributed by atoms with Gasteiger partial charge in [-0.25, -0.2) is 9.79 Å². The number of hydrogen-bond donors (Lipinski definition) is 0. The van der Waals surface area contributed by atoms with E-state index in [2.05, 4.69) is 9.98 Å². The molecule has 0 fully saturated rings. The molecule has 22 heavy (non-hydrogen) atoms. The Bertz CT molecular complexity index is 660. The number of thioether (sulfide) groups is 2. The summed E-state index contributed by atoms with van der Waals surface area (Å²) < 4.78 is 5.74. The van der Waals surface area contributed by atoms with Crippen molar-refractivity contribution in [2.24, 2.45) is 4.99 Å². The summed E-state index contributed by atoms with van der Waals surface area (Å²) in [7, 11) is 1.39. The van der Waals surface area contributed by atoms with E-state index < -0.39 is 0 Å². The van der Waals surface area contributed by atoms with Crippen LogP contribution in [0, 0.1) is 0 Å². The fourth-order valence-corrected chi connectivity index (χ4v) is 3.30. The first kappa shape index (κ1) is 16.6. The predicted octanol–water partition coefficient (Wildman–Crippen LogP) is 4.15. The predicted molar refractivity (Wildman–Crippen MR) is 93.9 cm³/mol. The van der Waals surface area contributed by atoms with Crippen LogP contribution in [0.1, 0.15) is 15.9 Å². The minimum atomic E-state index is -0.314. The Morgan fingerprint density at radius 3 is 2.77 bits per heavy atom. The van der Waals surface area contributed by atoms with Gasteiger partial charge in [0.2, 0.25) is 0 Å². The van der Waals surface area contributed by atoms with Crippen LogP contribution in [0.15, 0.2) is 53.8 Å². The van der Waals surface area contributed by atoms with Gasteiger partial charge in [0.1, 0.15) is 4.38 Å². The maximum Gasteiger partial charge on any atom is 0.338 e. The highest BCUT2D eigenvalue weighted by molar-refractivity contribution is 8.38. The first-order chi connectivity index (χ1) is 10.7. The number of benzene rings is 1. The van der Waals surface area contributed by atoms with Crippen LogP contribution < -0.4 is 0 Å². The third-order valence-electron chi connectivity index (χ3n) is 2.81. The number of hydrogen-bond acceptors (Lipinski definition) is 6. The topological polar surface area (TPSA) is 51.5 Å². The summed E-state index contributed by atoms with van der Waals surface area (Å²) in [5, 5.41) is 0. The summed E-state index contributed by atoms with van der Waals surface area (Å²) >= 11 is 3.16. The first-order valence-corrected chi connectivity index (χ1v) is 8.77. The van der Waals surface area contributed by atoms with E-state index in [1.54, 1.807) is 42.0 Å². The standard InChI is InChI=1S/C16H16N2O2S2/c1-20-15(19)14-8-4-3-6-12(14)11-22-16(21-2)18-13-7-5-9-17-10-13/h3-10H,11H2,1-2H3. The molecular weight excluding hydrogens is 316 g/mol. The number of carbonyl (C=O) groups is 1. The largest absolute Gasteiger partial charge is 0.465 e. The Morgan fingerprint density at radius 2 is 2.09 bits per heavy atom. The molecule has 4 nitrogen and oxygen atoms in total. The van der Waals surface area contributed by atoms with Crippen molar-refractivity contribution < 1.29 is 9.53 Å². The van der Waals surface area contributed by atoms with Crippen LogP contribution in [0.25, 0.3) is 0 Å². The van der Waals surface area contributed by atoms with Gasteiger partial charge >= 0.3 is 5.97 Å². The van der Waals surface area contributed by atoms with Crippen LogP contribution in [0.5, 0.6) is 0 Å². The Kier molecular flexibility index (Phi) is 6.48. The van der Waals surface area contributed by atoms with E-state index in [0.717, 1.165) is 15.6 Å². The molecule has 0 radical (unpaired) electrons. The van der Waals surface area contributed by atoms with Crippen molar-refractivity contribution in [1.29, 1.82) is 0 Å². The molecule has 0 aliphatic carbocycles. The second-order valence-corrected chi connectivity index (χ2v) is 6.25. The number of rotatable bonds is 4. The van der Waals surface area contributed by atoms with Gasteiger partial charge in [0.25, 0.3) is 0 Å². The second kappa shape index (κ2) is 8.60. The van der Waals surface area contributed by atoms with Crippen LogP contribution in [-0.4, -0.2) is 28.7 Å². The summed E-state index contributed by atoms with van der Waals surface area (Å²) in [5.74, 6) is 0.344. The van der Waals surface area contributed by atoms with Crippen LogP contribution in [0.2, 0.25) is 0 Å². The van der Waals surface area contributed by atoms with Crippen molar-refractivity contribution in [1.82, 2.24) is 4.98 Å². The quantitative estimate of drug-likeness (QED) is 0.478. The van der Waals surface area contributed by atoms with E-state index in [4.69, 9.17) is 4.74 Å². The highest BCUT2D eigenvalue weighted by Gasteiger charge is 2.11. The molecular formula is C16H16N2O2S2. The van der Waals surface area contributed by atoms with Crippen LogP contribution in [0.4, 0.5) is 5.69 Å². The van der Waals surface area contributed by atoms with Gasteiger partial charge in [0, 0.05) is 11.9 Å². The van der Waals surface area contributed by atoms with Crippen molar-refractivity contribution >= 4 is 39.6 Å². The third-order valence-corrected chi connectivity index (χ3v) is 4.90. The van der Waals surface area contributed by atoms with E-state index in [9.17, 15) is 4.79 Å². The summed E-state index contributed by atoms with van der Waals surface area (Å²) in [6.07, 6.45) is 5.42. The van der Waals surface area contributed by atoms with Gasteiger partial charge in [-0.3, -0.25) is 4.98 Å². The molecule has 0 unspecified atom stereocenters. The fraction of sp³-hybridized carbons (Fsp3) is 0.188. The van der Waals surface area contributed by atoms with Gasteiger partial charge in [0.15, 0.2) is 0 Å². The van der Waals surface area contributed by atoms with Crippen molar-refractivity contribution in [2.45, 2.75) is 5.75 Å². The molecule has 2 aromatic rings. The molecule has 1 aromatic heterocycles. The van der Waals surface area contributed by atoms with E-state index in [-0.39, 0.29) is 5.97 Å². The number of pyridine rings is 1. The average Bonchev–Trinajstić information content (AvgIpc) is 2.59. The number of aliphatic imine (C=N–C) groups is 1. The maximum atomic E-state index is 11.8. The Balaban J connectivity index is 2.11. The van der Waals surface area contributed by atoms with Gasteiger partial charge in [-0.15, -0.1) is 11.8 Å². The zero-order valence-corrected chi connectivity index (χ0v) is 14.0. The van der Waals surface area contributed by atoms with Gasteiger partial charge in [-0.05, 0) is 30.0 Å². The van der Waals surface area contributed by atoms with E-state index in [1.807, 2.05) is 36.6 Å². The molecule has 0 saturated heterocycles. The molecule has 1 aromatic carbocycles. The molecule has 0 aliphatic heterocycles. The zero-order chi connectivity index (χ0) is 15.8. The Labute approximate surface area is 138 Å². The Morgan fingerprint density at radius 1 is 1.27 bits per heavy atom. The summed E-state index contributed by atoms with van der Waals surface area (Å²) in [4.78, 5) is 20.4. The number of esters is 1. The van der Waals surface area contributed by atoms with Gasteiger partial charge in [0.05, 0.1) is 24.6 Å². The third kappa shape index (κ3) is 4.61. The lowest BCUT2D eigenvalue weighted by molar-refractivity contribution is 0.0600. The molecule has 0 aliphatic rings. The SMILES string of the molecule is COC(=O)c1ccccc1CSC(=Nc1cccnc1)SC. The lowest BCUT2D eigenvalue weighted by atomic mass is 10.1.